The summed E-state index contributed by atoms with van der Waals surface area (Å²) in [5, 5.41) is 1.83. The van der Waals surface area contributed by atoms with Gasteiger partial charge in [0.15, 0.2) is 0 Å². The molecule has 1 aliphatic rings. The third kappa shape index (κ3) is 3.02. The Morgan fingerprint density at radius 2 is 2.05 bits per heavy atom. The number of hydrogen-bond acceptors (Lipinski definition) is 4. The van der Waals surface area contributed by atoms with Gasteiger partial charge in [0.25, 0.3) is 0 Å². The van der Waals surface area contributed by atoms with Gasteiger partial charge in [-0.2, -0.15) is 0 Å². The molecule has 20 heavy (non-hydrogen) atoms. The first-order valence-electron chi connectivity index (χ1n) is 6.98. The van der Waals surface area contributed by atoms with E-state index in [4.69, 9.17) is 9.57 Å². The maximum absolute atomic E-state index is 11.7. The third-order valence-electron chi connectivity index (χ3n) is 3.96. The van der Waals surface area contributed by atoms with Crippen LogP contribution in [-0.4, -0.2) is 30.8 Å². The van der Waals surface area contributed by atoms with Crippen LogP contribution in [0.2, 0.25) is 0 Å². The molecule has 110 valence electrons. The van der Waals surface area contributed by atoms with Crippen molar-refractivity contribution in [2.75, 3.05) is 13.7 Å². The van der Waals surface area contributed by atoms with Crippen LogP contribution in [0.15, 0.2) is 30.3 Å². The molecule has 2 rings (SSSR count). The summed E-state index contributed by atoms with van der Waals surface area (Å²) in [6.07, 6.45) is 0.410. The molecule has 4 nitrogen and oxygen atoms in total. The molecule has 0 N–H and O–H groups in total. The Bertz CT molecular complexity index is 458. The van der Waals surface area contributed by atoms with Crippen LogP contribution in [0.25, 0.3) is 0 Å². The van der Waals surface area contributed by atoms with Crippen LogP contribution in [0.5, 0.6) is 0 Å². The molecule has 0 bridgehead atoms. The fourth-order valence-electron chi connectivity index (χ4n) is 2.78. The number of carbonyl (C=O) groups is 1. The van der Waals surface area contributed by atoms with Crippen molar-refractivity contribution in [2.45, 2.75) is 39.3 Å². The smallest absolute Gasteiger partial charge is 0.326 e. The van der Waals surface area contributed by atoms with Gasteiger partial charge in [-0.25, -0.2) is 0 Å². The summed E-state index contributed by atoms with van der Waals surface area (Å²) in [6.45, 7) is 6.86. The lowest BCUT2D eigenvalue weighted by molar-refractivity contribution is -0.196. The second-order valence-corrected chi connectivity index (χ2v) is 6.05. The Morgan fingerprint density at radius 1 is 1.40 bits per heavy atom. The summed E-state index contributed by atoms with van der Waals surface area (Å²) in [4.78, 5) is 17.2. The lowest BCUT2D eigenvalue weighted by atomic mass is 9.83. The van der Waals surface area contributed by atoms with Gasteiger partial charge in [-0.1, -0.05) is 44.2 Å². The van der Waals surface area contributed by atoms with E-state index in [1.54, 1.807) is 7.11 Å². The first kappa shape index (κ1) is 15.0. The van der Waals surface area contributed by atoms with Crippen molar-refractivity contribution in [3.8, 4) is 0 Å². The number of rotatable bonds is 5. The second-order valence-electron chi connectivity index (χ2n) is 6.05. The summed E-state index contributed by atoms with van der Waals surface area (Å²) < 4.78 is 5.29. The predicted octanol–water partition coefficient (Wildman–Crippen LogP) is 2.95. The van der Waals surface area contributed by atoms with E-state index in [1.165, 1.54) is 0 Å². The van der Waals surface area contributed by atoms with Gasteiger partial charge >= 0.3 is 5.97 Å². The molecule has 1 aliphatic heterocycles. The molecule has 0 amide bonds. The zero-order valence-corrected chi connectivity index (χ0v) is 12.6. The minimum absolute atomic E-state index is 0.0187. The van der Waals surface area contributed by atoms with Gasteiger partial charge in [0, 0.05) is 12.5 Å². The van der Waals surface area contributed by atoms with E-state index >= 15 is 0 Å². The maximum atomic E-state index is 11.7. The van der Waals surface area contributed by atoms with Crippen molar-refractivity contribution >= 4 is 5.97 Å². The predicted molar refractivity (Wildman–Crippen MR) is 76.9 cm³/mol. The Hall–Kier alpha value is -1.39. The van der Waals surface area contributed by atoms with E-state index in [2.05, 4.69) is 32.9 Å². The standard InChI is InChI=1S/C16H23NO3/c1-12(13-8-6-5-7-9-13)17-14(10-15(18)20-17)16(2,3)11-19-4/h5-9,12,14H,10-11H2,1-4H3/t12-,14-/m0/s1. The lowest BCUT2D eigenvalue weighted by Gasteiger charge is -2.37. The molecule has 0 saturated carbocycles. The van der Waals surface area contributed by atoms with Crippen molar-refractivity contribution in [3.63, 3.8) is 0 Å². The summed E-state index contributed by atoms with van der Waals surface area (Å²) >= 11 is 0. The van der Waals surface area contributed by atoms with Crippen molar-refractivity contribution in [1.82, 2.24) is 5.06 Å². The van der Waals surface area contributed by atoms with Crippen LogP contribution in [0.1, 0.15) is 38.8 Å². The third-order valence-corrected chi connectivity index (χ3v) is 3.96. The highest BCUT2D eigenvalue weighted by Crippen LogP contribution is 2.38. The summed E-state index contributed by atoms with van der Waals surface area (Å²) in [5.74, 6) is -0.165. The van der Waals surface area contributed by atoms with Crippen LogP contribution in [0, 0.1) is 5.41 Å². The molecule has 1 aromatic carbocycles. The average molecular weight is 277 g/mol. The topological polar surface area (TPSA) is 38.8 Å². The molecule has 0 aromatic heterocycles. The molecule has 4 heteroatoms. The lowest BCUT2D eigenvalue weighted by Crippen LogP contribution is -2.43. The fourth-order valence-corrected chi connectivity index (χ4v) is 2.78. The molecule has 0 spiro atoms. The number of methoxy groups -OCH3 is 1. The second kappa shape index (κ2) is 5.94. The number of carbonyl (C=O) groups excluding carboxylic acids is 1. The van der Waals surface area contributed by atoms with Gasteiger partial charge in [-0.3, -0.25) is 4.79 Å². The largest absolute Gasteiger partial charge is 0.384 e. The minimum Gasteiger partial charge on any atom is -0.384 e. The number of hydroxylamine groups is 2. The Labute approximate surface area is 120 Å². The molecular weight excluding hydrogens is 254 g/mol. The molecule has 1 saturated heterocycles. The maximum Gasteiger partial charge on any atom is 0.326 e. The van der Waals surface area contributed by atoms with Gasteiger partial charge in [-0.05, 0) is 12.5 Å². The van der Waals surface area contributed by atoms with Crippen LogP contribution < -0.4 is 0 Å². The van der Waals surface area contributed by atoms with Gasteiger partial charge in [-0.15, -0.1) is 5.06 Å². The Balaban J connectivity index is 2.22. The molecule has 0 radical (unpaired) electrons. The number of nitrogens with zero attached hydrogens (tertiary/aromatic N) is 1. The van der Waals surface area contributed by atoms with Gasteiger partial charge in [0.2, 0.25) is 0 Å². The molecule has 0 unspecified atom stereocenters. The first-order valence-corrected chi connectivity index (χ1v) is 6.98. The van der Waals surface area contributed by atoms with Gasteiger partial charge < -0.3 is 9.57 Å². The highest BCUT2D eigenvalue weighted by Gasteiger charge is 2.45. The molecule has 1 aromatic rings. The van der Waals surface area contributed by atoms with Gasteiger partial charge in [0.1, 0.15) is 0 Å². The highest BCUT2D eigenvalue weighted by molar-refractivity contribution is 5.71. The summed E-state index contributed by atoms with van der Waals surface area (Å²) in [7, 11) is 1.68. The van der Waals surface area contributed by atoms with E-state index < -0.39 is 0 Å². The molecule has 1 heterocycles. The van der Waals surface area contributed by atoms with Crippen molar-refractivity contribution in [2.24, 2.45) is 5.41 Å². The van der Waals surface area contributed by atoms with E-state index in [1.807, 2.05) is 23.3 Å². The molecule has 2 atom stereocenters. The normalized spacial score (nSPS) is 21.8. The minimum atomic E-state index is -0.165. The van der Waals surface area contributed by atoms with Crippen molar-refractivity contribution in [3.05, 3.63) is 35.9 Å². The van der Waals surface area contributed by atoms with E-state index in [0.29, 0.717) is 13.0 Å². The highest BCUT2D eigenvalue weighted by atomic mass is 16.7. The number of ether oxygens (including phenoxy) is 1. The molecule has 0 aliphatic carbocycles. The summed E-state index contributed by atoms with van der Waals surface area (Å²) in [6, 6.07) is 10.1. The van der Waals surface area contributed by atoms with Crippen LogP contribution in [0.3, 0.4) is 0 Å². The molecular formula is C16H23NO3. The van der Waals surface area contributed by atoms with Crippen LogP contribution in [0.4, 0.5) is 0 Å². The van der Waals surface area contributed by atoms with Gasteiger partial charge in [0.05, 0.1) is 25.1 Å². The average Bonchev–Trinajstić information content (AvgIpc) is 2.82. The van der Waals surface area contributed by atoms with Crippen molar-refractivity contribution in [1.29, 1.82) is 0 Å². The van der Waals surface area contributed by atoms with Crippen LogP contribution >= 0.6 is 0 Å². The monoisotopic (exact) mass is 277 g/mol. The van der Waals surface area contributed by atoms with Crippen molar-refractivity contribution < 1.29 is 14.4 Å². The van der Waals surface area contributed by atoms with Crippen LogP contribution in [-0.2, 0) is 14.4 Å². The summed E-state index contributed by atoms with van der Waals surface area (Å²) in [5.41, 5.74) is 0.990. The zero-order chi connectivity index (χ0) is 14.8. The number of benzene rings is 1. The SMILES string of the molecule is COCC(C)(C)[C@@H]1CC(=O)ON1[C@@H](C)c1ccccc1. The zero-order valence-electron chi connectivity index (χ0n) is 12.6. The van der Waals surface area contributed by atoms with E-state index in [0.717, 1.165) is 5.56 Å². The number of hydrogen-bond donors (Lipinski definition) is 0. The first-order chi connectivity index (χ1) is 9.45. The quantitative estimate of drug-likeness (QED) is 0.829. The Morgan fingerprint density at radius 3 is 2.65 bits per heavy atom. The molecule has 1 fully saturated rings. The Kier molecular flexibility index (Phi) is 4.45. The fraction of sp³-hybridized carbons (Fsp3) is 0.562. The van der Waals surface area contributed by atoms with E-state index in [-0.39, 0.29) is 23.5 Å². The van der Waals surface area contributed by atoms with E-state index in [9.17, 15) is 4.79 Å².